The third-order valence-electron chi connectivity index (χ3n) is 2.78. The first-order valence-electron chi connectivity index (χ1n) is 5.59. The zero-order valence-corrected chi connectivity index (χ0v) is 10.3. The first-order valence-corrected chi connectivity index (χ1v) is 7.07. The van der Waals surface area contributed by atoms with Crippen molar-refractivity contribution in [2.45, 2.75) is 30.2 Å². The standard InChI is InChI=1S/C10H12N4O3S/c15-18(16,9-5-11-12-6-9)13-4-8-3-10(17-14-8)7-1-2-7/h3,5-7,13H,1-2,4H2,(H,11,12). The van der Waals surface area contributed by atoms with E-state index in [1.165, 1.54) is 12.4 Å². The molecule has 1 saturated carbocycles. The molecule has 0 aliphatic heterocycles. The summed E-state index contributed by atoms with van der Waals surface area (Å²) in [4.78, 5) is 0.105. The number of nitrogens with zero attached hydrogens (tertiary/aromatic N) is 2. The average molecular weight is 268 g/mol. The van der Waals surface area contributed by atoms with Crippen LogP contribution in [0.25, 0.3) is 0 Å². The maximum Gasteiger partial charge on any atom is 0.244 e. The Kier molecular flexibility index (Phi) is 2.67. The first kappa shape index (κ1) is 11.4. The quantitative estimate of drug-likeness (QED) is 0.833. The van der Waals surface area contributed by atoms with Crippen LogP contribution in [0.1, 0.15) is 30.2 Å². The number of H-pyrrole nitrogens is 1. The van der Waals surface area contributed by atoms with E-state index >= 15 is 0 Å². The van der Waals surface area contributed by atoms with Crippen LogP contribution in [0.15, 0.2) is 27.9 Å². The minimum Gasteiger partial charge on any atom is -0.361 e. The molecule has 7 nitrogen and oxygen atoms in total. The highest BCUT2D eigenvalue weighted by molar-refractivity contribution is 7.89. The van der Waals surface area contributed by atoms with Gasteiger partial charge in [-0.15, -0.1) is 0 Å². The smallest absolute Gasteiger partial charge is 0.244 e. The molecule has 2 N–H and O–H groups in total. The van der Waals surface area contributed by atoms with Crippen molar-refractivity contribution in [2.24, 2.45) is 0 Å². The maximum absolute atomic E-state index is 11.8. The minimum atomic E-state index is -3.54. The van der Waals surface area contributed by atoms with Gasteiger partial charge in [-0.2, -0.15) is 5.10 Å². The second-order valence-corrected chi connectivity index (χ2v) is 6.02. The number of nitrogens with one attached hydrogen (secondary N) is 2. The molecule has 0 amide bonds. The van der Waals surface area contributed by atoms with E-state index in [1.54, 1.807) is 6.07 Å². The SMILES string of the molecule is O=S(=O)(NCc1cc(C2CC2)on1)c1cn[nH]c1. The van der Waals surface area contributed by atoms with E-state index in [0.717, 1.165) is 18.6 Å². The molecule has 0 radical (unpaired) electrons. The zero-order chi connectivity index (χ0) is 12.6. The highest BCUT2D eigenvalue weighted by Gasteiger charge is 2.28. The molecule has 2 aromatic heterocycles. The molecule has 1 fully saturated rings. The predicted octanol–water partition coefficient (Wildman–Crippen LogP) is 0.754. The van der Waals surface area contributed by atoms with Gasteiger partial charge in [0.05, 0.1) is 18.4 Å². The van der Waals surface area contributed by atoms with Gasteiger partial charge in [0.1, 0.15) is 10.7 Å². The Bertz CT molecular complexity index is 628. The molecule has 96 valence electrons. The Morgan fingerprint density at radius 2 is 2.33 bits per heavy atom. The number of hydrogen-bond acceptors (Lipinski definition) is 5. The molecular formula is C10H12N4O3S. The van der Waals surface area contributed by atoms with Crippen molar-refractivity contribution in [3.05, 3.63) is 29.9 Å². The fourth-order valence-corrected chi connectivity index (χ4v) is 2.51. The van der Waals surface area contributed by atoms with Crippen LogP contribution in [0.2, 0.25) is 0 Å². The minimum absolute atomic E-state index is 0.105. The number of rotatable bonds is 5. The Hall–Kier alpha value is -1.67. The van der Waals surface area contributed by atoms with Gasteiger partial charge < -0.3 is 4.52 Å². The number of aromatic nitrogens is 3. The molecule has 2 heterocycles. The van der Waals surface area contributed by atoms with Gasteiger partial charge in [0, 0.05) is 18.2 Å². The topological polar surface area (TPSA) is 101 Å². The first-order chi connectivity index (χ1) is 8.65. The molecule has 0 saturated heterocycles. The third-order valence-corrected chi connectivity index (χ3v) is 4.15. The van der Waals surface area contributed by atoms with Crippen LogP contribution in [0.4, 0.5) is 0 Å². The molecule has 0 atom stereocenters. The normalized spacial score (nSPS) is 16.0. The van der Waals surface area contributed by atoms with Crippen LogP contribution in [0.5, 0.6) is 0 Å². The number of aromatic amines is 1. The number of hydrogen-bond donors (Lipinski definition) is 2. The molecule has 18 heavy (non-hydrogen) atoms. The Labute approximate surface area is 104 Å². The van der Waals surface area contributed by atoms with Crippen molar-refractivity contribution in [1.82, 2.24) is 20.1 Å². The van der Waals surface area contributed by atoms with Crippen LogP contribution in [-0.2, 0) is 16.6 Å². The van der Waals surface area contributed by atoms with Crippen LogP contribution in [-0.4, -0.2) is 23.8 Å². The molecule has 8 heteroatoms. The van der Waals surface area contributed by atoms with E-state index < -0.39 is 10.0 Å². The van der Waals surface area contributed by atoms with Crippen LogP contribution < -0.4 is 4.72 Å². The van der Waals surface area contributed by atoms with E-state index in [-0.39, 0.29) is 11.4 Å². The van der Waals surface area contributed by atoms with Gasteiger partial charge in [-0.25, -0.2) is 13.1 Å². The van der Waals surface area contributed by atoms with Gasteiger partial charge in [0.2, 0.25) is 10.0 Å². The Morgan fingerprint density at radius 3 is 3.00 bits per heavy atom. The summed E-state index contributed by atoms with van der Waals surface area (Å²) in [6.07, 6.45) is 4.81. The molecule has 1 aliphatic rings. The van der Waals surface area contributed by atoms with Crippen molar-refractivity contribution in [1.29, 1.82) is 0 Å². The van der Waals surface area contributed by atoms with Gasteiger partial charge in [0.25, 0.3) is 0 Å². The van der Waals surface area contributed by atoms with E-state index in [9.17, 15) is 8.42 Å². The molecule has 2 aromatic rings. The number of sulfonamides is 1. The zero-order valence-electron chi connectivity index (χ0n) is 9.46. The average Bonchev–Trinajstić information content (AvgIpc) is 2.88. The van der Waals surface area contributed by atoms with Gasteiger partial charge in [-0.3, -0.25) is 5.10 Å². The van der Waals surface area contributed by atoms with Gasteiger partial charge in [-0.1, -0.05) is 5.16 Å². The lowest BCUT2D eigenvalue weighted by molar-refractivity contribution is 0.377. The second-order valence-electron chi connectivity index (χ2n) is 4.25. The second kappa shape index (κ2) is 4.21. The third kappa shape index (κ3) is 2.29. The fraction of sp³-hybridized carbons (Fsp3) is 0.400. The Morgan fingerprint density at radius 1 is 1.50 bits per heavy atom. The maximum atomic E-state index is 11.8. The summed E-state index contributed by atoms with van der Waals surface area (Å²) in [6.45, 7) is 0.115. The van der Waals surface area contributed by atoms with Gasteiger partial charge >= 0.3 is 0 Å². The molecule has 3 rings (SSSR count). The molecular weight excluding hydrogens is 256 g/mol. The molecule has 1 aliphatic carbocycles. The van der Waals surface area contributed by atoms with E-state index in [0.29, 0.717) is 11.6 Å². The summed E-state index contributed by atoms with van der Waals surface area (Å²) < 4.78 is 31.2. The Balaban J connectivity index is 1.66. The fourth-order valence-electron chi connectivity index (χ4n) is 1.61. The summed E-state index contributed by atoms with van der Waals surface area (Å²) in [6, 6.07) is 1.80. The highest BCUT2D eigenvalue weighted by atomic mass is 32.2. The van der Waals surface area contributed by atoms with Crippen molar-refractivity contribution < 1.29 is 12.9 Å². The molecule has 0 spiro atoms. The van der Waals surface area contributed by atoms with Crippen molar-refractivity contribution in [3.8, 4) is 0 Å². The van der Waals surface area contributed by atoms with E-state index in [1.807, 2.05) is 0 Å². The van der Waals surface area contributed by atoms with Gasteiger partial charge in [0.15, 0.2) is 0 Å². The molecule has 0 bridgehead atoms. The van der Waals surface area contributed by atoms with E-state index in [2.05, 4.69) is 20.1 Å². The lowest BCUT2D eigenvalue weighted by Crippen LogP contribution is -2.22. The predicted molar refractivity (Wildman–Crippen MR) is 61.1 cm³/mol. The van der Waals surface area contributed by atoms with Crippen LogP contribution in [0, 0.1) is 0 Å². The van der Waals surface area contributed by atoms with Crippen molar-refractivity contribution in [2.75, 3.05) is 0 Å². The van der Waals surface area contributed by atoms with Crippen LogP contribution >= 0.6 is 0 Å². The monoisotopic (exact) mass is 268 g/mol. The van der Waals surface area contributed by atoms with Crippen molar-refractivity contribution in [3.63, 3.8) is 0 Å². The summed E-state index contributed by atoms with van der Waals surface area (Å²) in [7, 11) is -3.54. The lowest BCUT2D eigenvalue weighted by atomic mass is 10.3. The largest absolute Gasteiger partial charge is 0.361 e. The summed E-state index contributed by atoms with van der Waals surface area (Å²) in [5, 5.41) is 9.90. The van der Waals surface area contributed by atoms with Gasteiger partial charge in [-0.05, 0) is 12.8 Å². The molecule has 0 unspecified atom stereocenters. The summed E-state index contributed by atoms with van der Waals surface area (Å²) in [5.41, 5.74) is 0.587. The summed E-state index contributed by atoms with van der Waals surface area (Å²) in [5.74, 6) is 1.31. The lowest BCUT2D eigenvalue weighted by Gasteiger charge is -2.00. The highest BCUT2D eigenvalue weighted by Crippen LogP contribution is 2.40. The van der Waals surface area contributed by atoms with Crippen molar-refractivity contribution >= 4 is 10.0 Å². The van der Waals surface area contributed by atoms with E-state index in [4.69, 9.17) is 4.52 Å². The molecule has 0 aromatic carbocycles. The van der Waals surface area contributed by atoms with Crippen LogP contribution in [0.3, 0.4) is 0 Å². The summed E-state index contributed by atoms with van der Waals surface area (Å²) >= 11 is 0.